The molecule has 2 rings (SSSR count). The third-order valence-electron chi connectivity index (χ3n) is 2.82. The summed E-state index contributed by atoms with van der Waals surface area (Å²) in [6.45, 7) is 2.14. The first-order valence-corrected chi connectivity index (χ1v) is 6.13. The molecule has 1 aromatic heterocycles. The highest BCUT2D eigenvalue weighted by atomic mass is 16.6. The van der Waals surface area contributed by atoms with Crippen LogP contribution in [0.3, 0.4) is 0 Å². The van der Waals surface area contributed by atoms with Gasteiger partial charge in [0.1, 0.15) is 5.75 Å². The van der Waals surface area contributed by atoms with Crippen molar-refractivity contribution in [1.29, 1.82) is 0 Å². The van der Waals surface area contributed by atoms with Crippen LogP contribution in [-0.2, 0) is 6.54 Å². The lowest BCUT2D eigenvalue weighted by Crippen LogP contribution is -2.23. The quantitative estimate of drug-likeness (QED) is 0.660. The molecule has 108 valence electrons. The molecule has 0 atom stereocenters. The molecule has 2 N–H and O–H groups in total. The van der Waals surface area contributed by atoms with E-state index in [9.17, 15) is 20.0 Å². The zero-order valence-corrected chi connectivity index (χ0v) is 11.2. The molecule has 0 bridgehead atoms. The average Bonchev–Trinajstić information content (AvgIpc) is 2.44. The molecule has 0 saturated heterocycles. The summed E-state index contributed by atoms with van der Waals surface area (Å²) in [5, 5.41) is 22.9. The third kappa shape index (κ3) is 3.53. The summed E-state index contributed by atoms with van der Waals surface area (Å²) in [7, 11) is 0. The number of nitrogens with zero attached hydrogens (tertiary/aromatic N) is 2. The second-order valence-electron chi connectivity index (χ2n) is 4.51. The van der Waals surface area contributed by atoms with Crippen molar-refractivity contribution in [1.82, 2.24) is 10.3 Å². The van der Waals surface area contributed by atoms with E-state index >= 15 is 0 Å². The Bertz CT molecular complexity index is 700. The van der Waals surface area contributed by atoms with E-state index in [0.717, 1.165) is 17.2 Å². The fourth-order valence-corrected chi connectivity index (χ4v) is 1.82. The maximum Gasteiger partial charge on any atom is 0.273 e. The van der Waals surface area contributed by atoms with E-state index in [2.05, 4.69) is 10.3 Å². The van der Waals surface area contributed by atoms with Crippen LogP contribution < -0.4 is 5.32 Å². The van der Waals surface area contributed by atoms with Crippen molar-refractivity contribution in [2.45, 2.75) is 13.5 Å². The summed E-state index contributed by atoms with van der Waals surface area (Å²) in [6.07, 6.45) is 3.33. The van der Waals surface area contributed by atoms with Crippen LogP contribution in [0.15, 0.2) is 36.7 Å². The SMILES string of the molecule is Cc1cncc(CNC(=O)c2ccc([N+](=O)[O-])cc2O)c1. The van der Waals surface area contributed by atoms with Gasteiger partial charge in [0.25, 0.3) is 11.6 Å². The Morgan fingerprint density at radius 3 is 2.76 bits per heavy atom. The minimum absolute atomic E-state index is 0.0128. The zero-order chi connectivity index (χ0) is 15.4. The smallest absolute Gasteiger partial charge is 0.273 e. The molecule has 0 spiro atoms. The lowest BCUT2D eigenvalue weighted by Gasteiger charge is -2.07. The first-order valence-electron chi connectivity index (χ1n) is 6.13. The number of phenols is 1. The van der Waals surface area contributed by atoms with E-state index in [0.29, 0.717) is 0 Å². The molecule has 0 aliphatic carbocycles. The normalized spacial score (nSPS) is 10.1. The topological polar surface area (TPSA) is 105 Å². The number of aromatic nitrogens is 1. The van der Waals surface area contributed by atoms with Crippen molar-refractivity contribution in [3.8, 4) is 5.75 Å². The fraction of sp³-hybridized carbons (Fsp3) is 0.143. The predicted molar refractivity (Wildman–Crippen MR) is 74.9 cm³/mol. The van der Waals surface area contributed by atoms with Crippen molar-refractivity contribution >= 4 is 11.6 Å². The number of amides is 1. The Morgan fingerprint density at radius 1 is 1.38 bits per heavy atom. The number of aromatic hydroxyl groups is 1. The van der Waals surface area contributed by atoms with Gasteiger partial charge in [-0.1, -0.05) is 6.07 Å². The summed E-state index contributed by atoms with van der Waals surface area (Å²) in [5.41, 5.74) is 1.51. The van der Waals surface area contributed by atoms with Crippen molar-refractivity contribution in [2.24, 2.45) is 0 Å². The van der Waals surface area contributed by atoms with Crippen LogP contribution in [0.25, 0.3) is 0 Å². The number of carbonyl (C=O) groups is 1. The molecule has 7 heteroatoms. The summed E-state index contributed by atoms with van der Waals surface area (Å²) in [4.78, 5) is 25.9. The molecule has 1 amide bonds. The van der Waals surface area contributed by atoms with E-state index in [1.165, 1.54) is 12.1 Å². The minimum atomic E-state index is -0.639. The van der Waals surface area contributed by atoms with Crippen LogP contribution in [-0.4, -0.2) is 20.9 Å². The van der Waals surface area contributed by atoms with Crippen LogP contribution in [0, 0.1) is 17.0 Å². The standard InChI is InChI=1S/C14H13N3O4/c1-9-4-10(7-15-6-9)8-16-14(19)12-3-2-11(17(20)21)5-13(12)18/h2-7,18H,8H2,1H3,(H,16,19). The van der Waals surface area contributed by atoms with Gasteiger partial charge in [0.05, 0.1) is 16.6 Å². The van der Waals surface area contributed by atoms with Crippen molar-refractivity contribution in [3.05, 3.63) is 63.5 Å². The van der Waals surface area contributed by atoms with E-state index in [-0.39, 0.29) is 17.8 Å². The average molecular weight is 287 g/mol. The number of aryl methyl sites for hydroxylation is 1. The number of benzene rings is 1. The first-order chi connectivity index (χ1) is 9.97. The molecule has 0 saturated carbocycles. The second kappa shape index (κ2) is 6.00. The number of non-ortho nitro benzene ring substituents is 1. The van der Waals surface area contributed by atoms with Crippen LogP contribution in [0.5, 0.6) is 5.75 Å². The molecule has 7 nitrogen and oxygen atoms in total. The highest BCUT2D eigenvalue weighted by Gasteiger charge is 2.15. The summed E-state index contributed by atoms with van der Waals surface area (Å²) in [6, 6.07) is 5.21. The second-order valence-corrected chi connectivity index (χ2v) is 4.51. The van der Waals surface area contributed by atoms with E-state index < -0.39 is 16.6 Å². The molecule has 0 aliphatic heterocycles. The predicted octanol–water partition coefficient (Wildman–Crippen LogP) is 1.93. The monoisotopic (exact) mass is 287 g/mol. The Morgan fingerprint density at radius 2 is 2.14 bits per heavy atom. The number of nitro benzene ring substituents is 1. The fourth-order valence-electron chi connectivity index (χ4n) is 1.82. The van der Waals surface area contributed by atoms with Gasteiger partial charge in [0.15, 0.2) is 0 Å². The van der Waals surface area contributed by atoms with Gasteiger partial charge in [-0.2, -0.15) is 0 Å². The van der Waals surface area contributed by atoms with Gasteiger partial charge in [0.2, 0.25) is 0 Å². The molecular weight excluding hydrogens is 274 g/mol. The van der Waals surface area contributed by atoms with Crippen molar-refractivity contribution < 1.29 is 14.8 Å². The number of nitro groups is 1. The van der Waals surface area contributed by atoms with Gasteiger partial charge in [-0.25, -0.2) is 0 Å². The largest absolute Gasteiger partial charge is 0.507 e. The molecule has 2 aromatic rings. The van der Waals surface area contributed by atoms with E-state index in [1.54, 1.807) is 12.4 Å². The number of phenolic OH excluding ortho intramolecular Hbond substituents is 1. The lowest BCUT2D eigenvalue weighted by atomic mass is 10.1. The highest BCUT2D eigenvalue weighted by Crippen LogP contribution is 2.23. The van der Waals surface area contributed by atoms with E-state index in [4.69, 9.17) is 0 Å². The minimum Gasteiger partial charge on any atom is -0.507 e. The van der Waals surface area contributed by atoms with Gasteiger partial charge in [-0.3, -0.25) is 19.9 Å². The summed E-state index contributed by atoms with van der Waals surface area (Å²) < 4.78 is 0. The van der Waals surface area contributed by atoms with Gasteiger partial charge < -0.3 is 10.4 Å². The van der Waals surface area contributed by atoms with Crippen molar-refractivity contribution in [2.75, 3.05) is 0 Å². The Labute approximate surface area is 120 Å². The summed E-state index contributed by atoms with van der Waals surface area (Å²) >= 11 is 0. The van der Waals surface area contributed by atoms with E-state index in [1.807, 2.05) is 13.0 Å². The highest BCUT2D eigenvalue weighted by molar-refractivity contribution is 5.97. The Hall–Kier alpha value is -2.96. The maximum absolute atomic E-state index is 11.9. The Kier molecular flexibility index (Phi) is 4.13. The molecule has 0 fully saturated rings. The number of rotatable bonds is 4. The number of carbonyl (C=O) groups excluding carboxylic acids is 1. The third-order valence-corrected chi connectivity index (χ3v) is 2.82. The number of hydrogen-bond donors (Lipinski definition) is 2. The molecule has 21 heavy (non-hydrogen) atoms. The van der Waals surface area contributed by atoms with Gasteiger partial charge in [0, 0.05) is 25.0 Å². The molecule has 0 radical (unpaired) electrons. The van der Waals surface area contributed by atoms with Crippen LogP contribution >= 0.6 is 0 Å². The van der Waals surface area contributed by atoms with Crippen LogP contribution in [0.4, 0.5) is 5.69 Å². The molecule has 1 heterocycles. The van der Waals surface area contributed by atoms with Gasteiger partial charge in [-0.15, -0.1) is 0 Å². The maximum atomic E-state index is 11.9. The molecular formula is C14H13N3O4. The number of nitrogens with one attached hydrogen (secondary N) is 1. The number of pyridine rings is 1. The van der Waals surface area contributed by atoms with Crippen LogP contribution in [0.2, 0.25) is 0 Å². The van der Waals surface area contributed by atoms with Gasteiger partial charge >= 0.3 is 0 Å². The molecule has 0 aliphatic rings. The van der Waals surface area contributed by atoms with Gasteiger partial charge in [-0.05, 0) is 24.1 Å². The molecule has 1 aromatic carbocycles. The number of hydrogen-bond acceptors (Lipinski definition) is 5. The first kappa shape index (κ1) is 14.4. The Balaban J connectivity index is 2.08. The zero-order valence-electron chi connectivity index (χ0n) is 11.2. The summed E-state index contributed by atoms with van der Waals surface area (Å²) in [5.74, 6) is -0.937. The van der Waals surface area contributed by atoms with Crippen molar-refractivity contribution in [3.63, 3.8) is 0 Å². The van der Waals surface area contributed by atoms with Crippen LogP contribution in [0.1, 0.15) is 21.5 Å². The molecule has 0 unspecified atom stereocenters. The lowest BCUT2D eigenvalue weighted by molar-refractivity contribution is -0.384.